The van der Waals surface area contributed by atoms with Crippen molar-refractivity contribution in [2.45, 2.75) is 6.54 Å². The summed E-state index contributed by atoms with van der Waals surface area (Å²) in [5.41, 5.74) is 1.77. The van der Waals surface area contributed by atoms with Crippen LogP contribution in [0.5, 0.6) is 0 Å². The van der Waals surface area contributed by atoms with Gasteiger partial charge in [0.05, 0.1) is 18.4 Å². The van der Waals surface area contributed by atoms with Crippen LogP contribution in [0.4, 0.5) is 5.69 Å². The van der Waals surface area contributed by atoms with E-state index >= 15 is 0 Å². The molecule has 15 heavy (non-hydrogen) atoms. The van der Waals surface area contributed by atoms with Crippen LogP contribution >= 0.6 is 0 Å². The summed E-state index contributed by atoms with van der Waals surface area (Å²) in [5, 5.41) is 6.45. The minimum absolute atomic E-state index is 0.504. The van der Waals surface area contributed by atoms with E-state index in [9.17, 15) is 4.79 Å². The molecule has 0 spiro atoms. The zero-order chi connectivity index (χ0) is 10.5. The summed E-state index contributed by atoms with van der Waals surface area (Å²) < 4.78 is 0. The second kappa shape index (κ2) is 4.41. The Kier molecular flexibility index (Phi) is 2.78. The van der Waals surface area contributed by atoms with Crippen LogP contribution in [0.3, 0.4) is 0 Å². The van der Waals surface area contributed by atoms with Gasteiger partial charge in [0.25, 0.3) is 0 Å². The first-order chi connectivity index (χ1) is 7.40. The van der Waals surface area contributed by atoms with Crippen molar-refractivity contribution in [3.05, 3.63) is 48.3 Å². The Bertz CT molecular complexity index is 411. The molecule has 0 atom stereocenters. The van der Waals surface area contributed by atoms with Gasteiger partial charge in [0.2, 0.25) is 0 Å². The first-order valence-corrected chi connectivity index (χ1v) is 4.58. The molecule has 75 valence electrons. The molecule has 0 saturated carbocycles. The molecule has 0 bridgehead atoms. The number of H-pyrrole nitrogens is 1. The number of nitrogens with one attached hydrogen (secondary N) is 1. The van der Waals surface area contributed by atoms with Crippen LogP contribution in [0.15, 0.2) is 42.7 Å². The number of aromatic amines is 1. The normalized spacial score (nSPS) is 9.87. The van der Waals surface area contributed by atoms with Crippen molar-refractivity contribution >= 4 is 12.1 Å². The van der Waals surface area contributed by atoms with Crippen LogP contribution in [0.25, 0.3) is 0 Å². The summed E-state index contributed by atoms with van der Waals surface area (Å²) in [6, 6.07) is 9.74. The van der Waals surface area contributed by atoms with Crippen molar-refractivity contribution in [3.63, 3.8) is 0 Å². The number of carbonyl (C=O) groups excluding carboxylic acids is 1. The summed E-state index contributed by atoms with van der Waals surface area (Å²) in [4.78, 5) is 12.2. The molecule has 4 nitrogen and oxygen atoms in total. The summed E-state index contributed by atoms with van der Waals surface area (Å²) in [7, 11) is 0. The maximum atomic E-state index is 10.8. The molecule has 4 heteroatoms. The van der Waals surface area contributed by atoms with E-state index in [1.54, 1.807) is 12.4 Å². The highest BCUT2D eigenvalue weighted by Crippen LogP contribution is 2.12. The first kappa shape index (κ1) is 9.45. The lowest BCUT2D eigenvalue weighted by Crippen LogP contribution is -2.19. The number of nitrogens with zero attached hydrogens (tertiary/aromatic N) is 2. The molecule has 0 saturated heterocycles. The number of hydrogen-bond donors (Lipinski definition) is 1. The van der Waals surface area contributed by atoms with Gasteiger partial charge in [-0.2, -0.15) is 5.10 Å². The first-order valence-electron chi connectivity index (χ1n) is 4.58. The van der Waals surface area contributed by atoms with Gasteiger partial charge >= 0.3 is 6.41 Å². The highest BCUT2D eigenvalue weighted by molar-refractivity contribution is 5.74. The molecule has 1 amide bonds. The molecule has 0 aliphatic rings. The van der Waals surface area contributed by atoms with Gasteiger partial charge in [-0.25, -0.2) is 0 Å². The van der Waals surface area contributed by atoms with Crippen molar-refractivity contribution in [1.29, 1.82) is 0 Å². The van der Waals surface area contributed by atoms with Gasteiger partial charge in [0, 0.05) is 6.20 Å². The van der Waals surface area contributed by atoms with Gasteiger partial charge in [0.15, 0.2) is 0 Å². The van der Waals surface area contributed by atoms with E-state index in [4.69, 9.17) is 0 Å². The molecule has 0 aliphatic heterocycles. The monoisotopic (exact) mass is 200 g/mol. The fourth-order valence-electron chi connectivity index (χ4n) is 1.33. The second-order valence-corrected chi connectivity index (χ2v) is 3.12. The van der Waals surface area contributed by atoms with E-state index in [1.807, 2.05) is 36.7 Å². The van der Waals surface area contributed by atoms with E-state index in [0.29, 0.717) is 12.2 Å². The molecule has 1 aromatic carbocycles. The minimum atomic E-state index is 0.504. The summed E-state index contributed by atoms with van der Waals surface area (Å²) in [6.07, 6.45) is 5.13. The molecule has 0 fully saturated rings. The van der Waals surface area contributed by atoms with Gasteiger partial charge in [-0.3, -0.25) is 14.8 Å². The van der Waals surface area contributed by atoms with Crippen LogP contribution in [-0.4, -0.2) is 16.6 Å². The minimum Gasteiger partial charge on any atom is -0.297 e. The third-order valence-electron chi connectivity index (χ3n) is 2.09. The van der Waals surface area contributed by atoms with Crippen molar-refractivity contribution in [3.8, 4) is 0 Å². The molecule has 0 unspecified atom stereocenters. The summed E-state index contributed by atoms with van der Waals surface area (Å²) >= 11 is 0. The number of hydrogen-bond acceptors (Lipinski definition) is 2. The summed E-state index contributed by atoms with van der Waals surface area (Å²) in [5.74, 6) is 0. The molecule has 2 aromatic rings. The number of rotatable bonds is 4. The van der Waals surface area contributed by atoms with Gasteiger partial charge < -0.3 is 0 Å². The molecule has 1 radical (unpaired) electrons. The Morgan fingerprint density at radius 3 is 2.73 bits per heavy atom. The second-order valence-electron chi connectivity index (χ2n) is 3.12. The topological polar surface area (TPSA) is 49.0 Å². The molecule has 1 aromatic heterocycles. The Balaban J connectivity index is 2.13. The lowest BCUT2D eigenvalue weighted by atomic mass is 10.2. The Hall–Kier alpha value is -2.10. The largest absolute Gasteiger partial charge is 0.317 e. The predicted molar refractivity (Wildman–Crippen MR) is 56.9 cm³/mol. The maximum Gasteiger partial charge on any atom is 0.317 e. The van der Waals surface area contributed by atoms with E-state index in [2.05, 4.69) is 10.2 Å². The van der Waals surface area contributed by atoms with E-state index in [-0.39, 0.29) is 0 Å². The van der Waals surface area contributed by atoms with Crippen LogP contribution < -0.4 is 4.90 Å². The Morgan fingerprint density at radius 1 is 1.33 bits per heavy atom. The molecule has 1 N–H and O–H groups in total. The van der Waals surface area contributed by atoms with E-state index in [0.717, 1.165) is 5.56 Å². The molecular weight excluding hydrogens is 190 g/mol. The number of anilines is 1. The Morgan fingerprint density at radius 2 is 2.13 bits per heavy atom. The zero-order valence-corrected chi connectivity index (χ0v) is 8.05. The van der Waals surface area contributed by atoms with Crippen molar-refractivity contribution in [2.75, 3.05) is 4.90 Å². The Labute approximate surface area is 87.5 Å². The third-order valence-corrected chi connectivity index (χ3v) is 2.09. The van der Waals surface area contributed by atoms with Crippen molar-refractivity contribution in [2.24, 2.45) is 0 Å². The average molecular weight is 200 g/mol. The number of aromatic nitrogens is 2. The number of amides is 1. The fourth-order valence-corrected chi connectivity index (χ4v) is 1.33. The molecule has 2 rings (SSSR count). The average Bonchev–Trinajstić information content (AvgIpc) is 2.81. The smallest absolute Gasteiger partial charge is 0.297 e. The van der Waals surface area contributed by atoms with Crippen LogP contribution in [0, 0.1) is 0 Å². The lowest BCUT2D eigenvalue weighted by molar-refractivity contribution is 0.551. The van der Waals surface area contributed by atoms with E-state index in [1.165, 1.54) is 4.90 Å². The molecule has 0 aliphatic carbocycles. The van der Waals surface area contributed by atoms with Crippen LogP contribution in [0.1, 0.15) is 5.56 Å². The van der Waals surface area contributed by atoms with Crippen molar-refractivity contribution in [1.82, 2.24) is 10.2 Å². The molecule has 1 heterocycles. The standard InChI is InChI=1S/C11H10N3O/c15-9-14(11-6-12-13-7-11)8-10-4-2-1-3-5-10/h1-7H,8H2,(H,12,13). The summed E-state index contributed by atoms with van der Waals surface area (Å²) in [6.45, 7) is 0.504. The van der Waals surface area contributed by atoms with Crippen molar-refractivity contribution < 1.29 is 4.79 Å². The third kappa shape index (κ3) is 2.22. The number of benzene rings is 1. The van der Waals surface area contributed by atoms with Crippen LogP contribution in [0.2, 0.25) is 0 Å². The van der Waals surface area contributed by atoms with Gasteiger partial charge in [-0.15, -0.1) is 0 Å². The quantitative estimate of drug-likeness (QED) is 0.760. The van der Waals surface area contributed by atoms with E-state index < -0.39 is 0 Å². The zero-order valence-electron chi connectivity index (χ0n) is 8.05. The maximum absolute atomic E-state index is 10.8. The predicted octanol–water partition coefficient (Wildman–Crippen LogP) is 1.48. The molecular formula is C11H10N3O. The van der Waals surface area contributed by atoms with Gasteiger partial charge in [-0.05, 0) is 5.56 Å². The SMILES string of the molecule is O=[C]N(Cc1ccccc1)c1cn[nH]c1. The fraction of sp³-hybridized carbons (Fsp3) is 0.0909. The highest BCUT2D eigenvalue weighted by Gasteiger charge is 2.07. The van der Waals surface area contributed by atoms with Gasteiger partial charge in [0.1, 0.15) is 0 Å². The highest BCUT2D eigenvalue weighted by atomic mass is 16.1. The van der Waals surface area contributed by atoms with Gasteiger partial charge in [-0.1, -0.05) is 30.3 Å². The lowest BCUT2D eigenvalue weighted by Gasteiger charge is -2.13. The van der Waals surface area contributed by atoms with Crippen LogP contribution in [-0.2, 0) is 11.3 Å².